The Hall–Kier alpha value is -1.84. The van der Waals surface area contributed by atoms with Gasteiger partial charge in [-0.3, -0.25) is 0 Å². The van der Waals surface area contributed by atoms with Gasteiger partial charge in [-0.2, -0.15) is 0 Å². The molecule has 1 aromatic heterocycles. The van der Waals surface area contributed by atoms with Crippen molar-refractivity contribution >= 4 is 39.9 Å². The fourth-order valence-corrected chi connectivity index (χ4v) is 2.53. The first kappa shape index (κ1) is 13.2. The van der Waals surface area contributed by atoms with Gasteiger partial charge in [-0.05, 0) is 36.2 Å². The van der Waals surface area contributed by atoms with Crippen molar-refractivity contribution in [1.82, 2.24) is 9.97 Å². The van der Waals surface area contributed by atoms with Crippen LogP contribution in [0.15, 0.2) is 36.4 Å². The fraction of sp³-hybridized carbons (Fsp3) is 0.0667. The Morgan fingerprint density at radius 1 is 1.00 bits per heavy atom. The highest BCUT2D eigenvalue weighted by atomic mass is 35.5. The van der Waals surface area contributed by atoms with Crippen LogP contribution in [0.2, 0.25) is 10.0 Å². The number of aryl methyl sites for hydroxylation is 1. The van der Waals surface area contributed by atoms with E-state index in [4.69, 9.17) is 28.9 Å². The Balaban J connectivity index is 2.33. The molecule has 0 saturated carbocycles. The van der Waals surface area contributed by atoms with Gasteiger partial charge < -0.3 is 5.73 Å². The molecule has 0 radical (unpaired) electrons. The van der Waals surface area contributed by atoms with E-state index < -0.39 is 0 Å². The lowest BCUT2D eigenvalue weighted by Gasteiger charge is -2.10. The molecule has 5 heteroatoms. The third-order valence-electron chi connectivity index (χ3n) is 3.09. The number of hydrogen-bond donors (Lipinski definition) is 1. The molecule has 0 aliphatic heterocycles. The monoisotopic (exact) mass is 303 g/mol. The van der Waals surface area contributed by atoms with Crippen LogP contribution in [-0.2, 0) is 0 Å². The summed E-state index contributed by atoms with van der Waals surface area (Å²) in [5.41, 5.74) is 8.75. The lowest BCUT2D eigenvalue weighted by molar-refractivity contribution is 1.10. The topological polar surface area (TPSA) is 51.8 Å². The van der Waals surface area contributed by atoms with E-state index in [-0.39, 0.29) is 0 Å². The first-order valence-corrected chi connectivity index (χ1v) is 6.80. The van der Waals surface area contributed by atoms with Crippen LogP contribution in [-0.4, -0.2) is 9.97 Å². The van der Waals surface area contributed by atoms with Gasteiger partial charge in [0.25, 0.3) is 0 Å². The molecule has 3 aromatic rings. The smallest absolute Gasteiger partial charge is 0.135 e. The van der Waals surface area contributed by atoms with Gasteiger partial charge in [-0.1, -0.05) is 41.4 Å². The van der Waals surface area contributed by atoms with E-state index in [2.05, 4.69) is 9.97 Å². The number of fused-ring (bicyclic) bond motifs is 1. The summed E-state index contributed by atoms with van der Waals surface area (Å²) in [4.78, 5) is 8.65. The molecular weight excluding hydrogens is 293 g/mol. The Morgan fingerprint density at radius 2 is 1.80 bits per heavy atom. The second kappa shape index (κ2) is 4.93. The highest BCUT2D eigenvalue weighted by molar-refractivity contribution is 6.42. The molecule has 3 rings (SSSR count). The Labute approximate surface area is 126 Å². The Kier molecular flexibility index (Phi) is 3.24. The minimum atomic E-state index is 0.467. The van der Waals surface area contributed by atoms with Crippen LogP contribution in [0.1, 0.15) is 5.82 Å². The van der Waals surface area contributed by atoms with Crippen molar-refractivity contribution in [3.63, 3.8) is 0 Å². The normalized spacial score (nSPS) is 10.9. The van der Waals surface area contributed by atoms with E-state index in [1.807, 2.05) is 37.3 Å². The fourth-order valence-electron chi connectivity index (χ4n) is 2.24. The largest absolute Gasteiger partial charge is 0.383 e. The van der Waals surface area contributed by atoms with Crippen LogP contribution >= 0.6 is 23.2 Å². The van der Waals surface area contributed by atoms with Crippen LogP contribution < -0.4 is 5.73 Å². The summed E-state index contributed by atoms with van der Waals surface area (Å²) in [5.74, 6) is 1.12. The molecule has 0 atom stereocenters. The number of rotatable bonds is 1. The van der Waals surface area contributed by atoms with E-state index in [0.29, 0.717) is 21.7 Å². The Morgan fingerprint density at radius 3 is 2.55 bits per heavy atom. The van der Waals surface area contributed by atoms with Crippen molar-refractivity contribution in [1.29, 1.82) is 0 Å². The second-order valence-electron chi connectivity index (χ2n) is 4.48. The van der Waals surface area contributed by atoms with Gasteiger partial charge >= 0.3 is 0 Å². The summed E-state index contributed by atoms with van der Waals surface area (Å²) in [6, 6.07) is 11.3. The number of nitrogen functional groups attached to an aromatic ring is 1. The van der Waals surface area contributed by atoms with Gasteiger partial charge in [0.15, 0.2) is 0 Å². The molecule has 0 unspecified atom stereocenters. The maximum atomic E-state index is 6.09. The molecule has 0 spiro atoms. The summed E-state index contributed by atoms with van der Waals surface area (Å²) in [6.07, 6.45) is 0. The van der Waals surface area contributed by atoms with Crippen molar-refractivity contribution in [2.75, 3.05) is 5.73 Å². The lowest BCUT2D eigenvalue weighted by atomic mass is 10.0. The maximum Gasteiger partial charge on any atom is 0.135 e. The third-order valence-corrected chi connectivity index (χ3v) is 3.83. The number of halogens is 2. The van der Waals surface area contributed by atoms with Crippen molar-refractivity contribution in [2.45, 2.75) is 6.92 Å². The van der Waals surface area contributed by atoms with E-state index in [1.54, 1.807) is 6.07 Å². The van der Waals surface area contributed by atoms with Gasteiger partial charge in [-0.15, -0.1) is 0 Å². The highest BCUT2D eigenvalue weighted by Gasteiger charge is 2.10. The van der Waals surface area contributed by atoms with Gasteiger partial charge in [-0.25, -0.2) is 9.97 Å². The molecule has 20 heavy (non-hydrogen) atoms. The standard InChI is InChI=1S/C15H11Cl2N3/c1-8-19-13-4-2-3-10(14(13)15(18)20-8)9-5-6-11(16)12(17)7-9/h2-7H,1H3,(H2,18,19,20). The summed E-state index contributed by atoms with van der Waals surface area (Å²) in [6.45, 7) is 1.82. The lowest BCUT2D eigenvalue weighted by Crippen LogP contribution is -1.98. The molecule has 2 N–H and O–H groups in total. The number of aromatic nitrogens is 2. The first-order valence-electron chi connectivity index (χ1n) is 6.04. The summed E-state index contributed by atoms with van der Waals surface area (Å²) < 4.78 is 0. The van der Waals surface area contributed by atoms with Crippen molar-refractivity contribution in [3.05, 3.63) is 52.3 Å². The molecule has 2 aromatic carbocycles. The van der Waals surface area contributed by atoms with Gasteiger partial charge in [0.05, 0.1) is 20.9 Å². The summed E-state index contributed by atoms with van der Waals surface area (Å²) >= 11 is 12.0. The van der Waals surface area contributed by atoms with E-state index in [0.717, 1.165) is 22.0 Å². The van der Waals surface area contributed by atoms with Crippen LogP contribution in [0.4, 0.5) is 5.82 Å². The summed E-state index contributed by atoms with van der Waals surface area (Å²) in [7, 11) is 0. The molecule has 0 fully saturated rings. The minimum Gasteiger partial charge on any atom is -0.383 e. The molecule has 0 amide bonds. The predicted molar refractivity (Wildman–Crippen MR) is 84.1 cm³/mol. The van der Waals surface area contributed by atoms with Crippen LogP contribution in [0, 0.1) is 6.92 Å². The second-order valence-corrected chi connectivity index (χ2v) is 5.30. The molecule has 100 valence electrons. The molecular formula is C15H11Cl2N3. The third kappa shape index (κ3) is 2.19. The summed E-state index contributed by atoms with van der Waals surface area (Å²) in [5, 5.41) is 1.86. The molecule has 0 aliphatic rings. The number of hydrogen-bond acceptors (Lipinski definition) is 3. The van der Waals surface area contributed by atoms with Gasteiger partial charge in [0.1, 0.15) is 11.6 Å². The number of nitrogens with two attached hydrogens (primary N) is 1. The molecule has 0 saturated heterocycles. The predicted octanol–water partition coefficient (Wildman–Crippen LogP) is 4.49. The average Bonchev–Trinajstić information content (AvgIpc) is 2.41. The zero-order valence-electron chi connectivity index (χ0n) is 10.7. The number of benzene rings is 2. The zero-order valence-corrected chi connectivity index (χ0v) is 12.2. The SMILES string of the molecule is Cc1nc(N)c2c(-c3ccc(Cl)c(Cl)c3)cccc2n1. The number of anilines is 1. The Bertz CT molecular complexity index is 816. The quantitative estimate of drug-likeness (QED) is 0.720. The van der Waals surface area contributed by atoms with E-state index in [1.165, 1.54) is 0 Å². The first-order chi connectivity index (χ1) is 9.56. The minimum absolute atomic E-state index is 0.467. The van der Waals surface area contributed by atoms with Crippen LogP contribution in [0.3, 0.4) is 0 Å². The van der Waals surface area contributed by atoms with Crippen molar-refractivity contribution in [2.24, 2.45) is 0 Å². The molecule has 3 nitrogen and oxygen atoms in total. The van der Waals surface area contributed by atoms with Crippen molar-refractivity contribution in [3.8, 4) is 11.1 Å². The molecule has 0 bridgehead atoms. The van der Waals surface area contributed by atoms with Gasteiger partial charge in [0.2, 0.25) is 0 Å². The van der Waals surface area contributed by atoms with Crippen LogP contribution in [0.5, 0.6) is 0 Å². The maximum absolute atomic E-state index is 6.09. The van der Waals surface area contributed by atoms with Crippen LogP contribution in [0.25, 0.3) is 22.0 Å². The molecule has 0 aliphatic carbocycles. The highest BCUT2D eigenvalue weighted by Crippen LogP contribution is 2.34. The van der Waals surface area contributed by atoms with E-state index >= 15 is 0 Å². The zero-order chi connectivity index (χ0) is 14.3. The number of nitrogens with zero attached hydrogens (tertiary/aromatic N) is 2. The average molecular weight is 304 g/mol. The molecule has 1 heterocycles. The van der Waals surface area contributed by atoms with Gasteiger partial charge in [0, 0.05) is 0 Å². The van der Waals surface area contributed by atoms with Crippen molar-refractivity contribution < 1.29 is 0 Å². The van der Waals surface area contributed by atoms with E-state index in [9.17, 15) is 0 Å².